The monoisotopic (exact) mass is 266 g/mol. The Balaban J connectivity index is 1.52. The van der Waals surface area contributed by atoms with Crippen LogP contribution < -0.4 is 0 Å². The highest BCUT2D eigenvalue weighted by Crippen LogP contribution is 2.33. The molecule has 0 amide bonds. The Morgan fingerprint density at radius 1 is 1.22 bits per heavy atom. The summed E-state index contributed by atoms with van der Waals surface area (Å²) in [7, 11) is 0. The maximum Gasteiger partial charge on any atom is 0.0594 e. The molecule has 0 N–H and O–H groups in total. The summed E-state index contributed by atoms with van der Waals surface area (Å²) >= 11 is 1.91. The van der Waals surface area contributed by atoms with Crippen molar-refractivity contribution in [3.63, 3.8) is 0 Å². The van der Waals surface area contributed by atoms with Crippen LogP contribution in [-0.4, -0.2) is 55.7 Å². The van der Waals surface area contributed by atoms with Crippen LogP contribution in [0.5, 0.6) is 0 Å². The lowest BCUT2D eigenvalue weighted by molar-refractivity contribution is 0.0327. The quantitative estimate of drug-likeness (QED) is 0.831. The highest BCUT2D eigenvalue weighted by molar-refractivity contribution is 7.10. The molecular weight excluding hydrogens is 244 g/mol. The number of nitrogens with zero attached hydrogens (tertiary/aromatic N) is 2. The van der Waals surface area contributed by atoms with Crippen LogP contribution >= 0.6 is 11.3 Å². The Morgan fingerprint density at radius 2 is 2.11 bits per heavy atom. The van der Waals surface area contributed by atoms with E-state index in [1.165, 1.54) is 32.5 Å². The number of hydrogen-bond donors (Lipinski definition) is 0. The molecule has 0 bridgehead atoms. The predicted molar refractivity (Wildman–Crippen MR) is 75.1 cm³/mol. The zero-order valence-electron chi connectivity index (χ0n) is 10.9. The van der Waals surface area contributed by atoms with Crippen molar-refractivity contribution in [1.82, 2.24) is 9.80 Å². The highest BCUT2D eigenvalue weighted by atomic mass is 32.1. The number of hydrogen-bond acceptors (Lipinski definition) is 4. The van der Waals surface area contributed by atoms with E-state index in [4.69, 9.17) is 4.74 Å². The number of ether oxygens (including phenoxy) is 1. The molecule has 1 atom stereocenters. The van der Waals surface area contributed by atoms with Gasteiger partial charge in [0.15, 0.2) is 0 Å². The van der Waals surface area contributed by atoms with E-state index in [9.17, 15) is 0 Å². The van der Waals surface area contributed by atoms with E-state index in [1.807, 2.05) is 11.3 Å². The van der Waals surface area contributed by atoms with Crippen LogP contribution in [0.25, 0.3) is 0 Å². The van der Waals surface area contributed by atoms with Crippen molar-refractivity contribution in [3.05, 3.63) is 22.4 Å². The van der Waals surface area contributed by atoms with Gasteiger partial charge in [-0.25, -0.2) is 0 Å². The lowest BCUT2D eigenvalue weighted by atomic mass is 10.2. The Bertz CT molecular complexity index is 349. The summed E-state index contributed by atoms with van der Waals surface area (Å²) in [5.41, 5.74) is 0. The summed E-state index contributed by atoms with van der Waals surface area (Å²) in [6.45, 7) is 7.72. The summed E-state index contributed by atoms with van der Waals surface area (Å²) in [6.07, 6.45) is 2.69. The molecule has 100 valence electrons. The van der Waals surface area contributed by atoms with E-state index in [0.717, 1.165) is 26.3 Å². The molecule has 2 aliphatic rings. The van der Waals surface area contributed by atoms with Crippen molar-refractivity contribution in [1.29, 1.82) is 0 Å². The first-order chi connectivity index (χ1) is 8.93. The van der Waals surface area contributed by atoms with Crippen LogP contribution in [0.4, 0.5) is 0 Å². The SMILES string of the molecule is c1csc(C2CCCN2CCN2CCOCC2)c1. The smallest absolute Gasteiger partial charge is 0.0594 e. The third-order valence-electron chi connectivity index (χ3n) is 4.04. The Labute approximate surface area is 113 Å². The second-order valence-corrected chi connectivity index (χ2v) is 6.14. The second-order valence-electron chi connectivity index (χ2n) is 5.16. The molecule has 0 saturated carbocycles. The molecule has 0 aliphatic carbocycles. The van der Waals surface area contributed by atoms with Gasteiger partial charge < -0.3 is 4.74 Å². The molecule has 1 aromatic heterocycles. The van der Waals surface area contributed by atoms with E-state index in [2.05, 4.69) is 27.3 Å². The van der Waals surface area contributed by atoms with Crippen molar-refractivity contribution >= 4 is 11.3 Å². The van der Waals surface area contributed by atoms with E-state index in [-0.39, 0.29) is 0 Å². The first kappa shape index (κ1) is 12.6. The fourth-order valence-electron chi connectivity index (χ4n) is 2.99. The minimum Gasteiger partial charge on any atom is -0.379 e. The molecule has 0 radical (unpaired) electrons. The van der Waals surface area contributed by atoms with Gasteiger partial charge in [0.1, 0.15) is 0 Å². The number of rotatable bonds is 4. The van der Waals surface area contributed by atoms with Gasteiger partial charge in [-0.15, -0.1) is 11.3 Å². The fraction of sp³-hybridized carbons (Fsp3) is 0.714. The highest BCUT2D eigenvalue weighted by Gasteiger charge is 2.26. The molecule has 1 unspecified atom stereocenters. The molecule has 1 aromatic rings. The number of morpholine rings is 1. The van der Waals surface area contributed by atoms with E-state index in [0.29, 0.717) is 6.04 Å². The minimum absolute atomic E-state index is 0.686. The predicted octanol–water partition coefficient (Wildman–Crippen LogP) is 2.22. The molecule has 2 aliphatic heterocycles. The molecule has 4 heteroatoms. The summed E-state index contributed by atoms with van der Waals surface area (Å²) in [6, 6.07) is 5.16. The zero-order chi connectivity index (χ0) is 12.2. The van der Waals surface area contributed by atoms with Crippen LogP contribution in [0, 0.1) is 0 Å². The normalized spacial score (nSPS) is 26.8. The number of likely N-dealkylation sites (tertiary alicyclic amines) is 1. The van der Waals surface area contributed by atoms with Gasteiger partial charge in [-0.05, 0) is 30.8 Å². The van der Waals surface area contributed by atoms with Crippen molar-refractivity contribution in [3.8, 4) is 0 Å². The van der Waals surface area contributed by atoms with Gasteiger partial charge in [0.05, 0.1) is 13.2 Å². The lowest BCUT2D eigenvalue weighted by Crippen LogP contribution is -2.41. The average Bonchev–Trinajstić information content (AvgIpc) is 3.08. The van der Waals surface area contributed by atoms with Crippen LogP contribution in [-0.2, 0) is 4.74 Å². The lowest BCUT2D eigenvalue weighted by Gasteiger charge is -2.30. The maximum absolute atomic E-state index is 5.40. The summed E-state index contributed by atoms with van der Waals surface area (Å²) in [5, 5.41) is 2.20. The number of thiophene rings is 1. The molecule has 3 heterocycles. The first-order valence-corrected chi connectivity index (χ1v) is 7.89. The molecule has 18 heavy (non-hydrogen) atoms. The standard InChI is InChI=1S/C14H22N2OS/c1-3-13(14-4-2-12-18-14)16(5-1)7-6-15-8-10-17-11-9-15/h2,4,12-13H,1,3,5-11H2. The van der Waals surface area contributed by atoms with Gasteiger partial charge in [-0.3, -0.25) is 9.80 Å². The van der Waals surface area contributed by atoms with Crippen molar-refractivity contribution in [2.45, 2.75) is 18.9 Å². The molecule has 0 aromatic carbocycles. The molecule has 3 rings (SSSR count). The Morgan fingerprint density at radius 3 is 2.89 bits per heavy atom. The summed E-state index contributed by atoms with van der Waals surface area (Å²) in [4.78, 5) is 6.75. The van der Waals surface area contributed by atoms with Crippen LogP contribution in [0.15, 0.2) is 17.5 Å². The van der Waals surface area contributed by atoms with Gasteiger partial charge in [0.2, 0.25) is 0 Å². The molecule has 2 saturated heterocycles. The summed E-state index contributed by atoms with van der Waals surface area (Å²) in [5.74, 6) is 0. The minimum atomic E-state index is 0.686. The van der Waals surface area contributed by atoms with Crippen LogP contribution in [0.3, 0.4) is 0 Å². The maximum atomic E-state index is 5.40. The van der Waals surface area contributed by atoms with E-state index >= 15 is 0 Å². The largest absolute Gasteiger partial charge is 0.379 e. The van der Waals surface area contributed by atoms with Gasteiger partial charge in [-0.2, -0.15) is 0 Å². The van der Waals surface area contributed by atoms with Gasteiger partial charge in [0.25, 0.3) is 0 Å². The van der Waals surface area contributed by atoms with Gasteiger partial charge in [0, 0.05) is 37.1 Å². The average molecular weight is 266 g/mol. The Hall–Kier alpha value is -0.420. The van der Waals surface area contributed by atoms with Crippen molar-refractivity contribution in [2.24, 2.45) is 0 Å². The first-order valence-electron chi connectivity index (χ1n) is 7.01. The fourth-order valence-corrected chi connectivity index (χ4v) is 3.89. The van der Waals surface area contributed by atoms with Crippen LogP contribution in [0.2, 0.25) is 0 Å². The molecule has 0 spiro atoms. The molecule has 3 nitrogen and oxygen atoms in total. The molecular formula is C14H22N2OS. The van der Waals surface area contributed by atoms with Gasteiger partial charge in [-0.1, -0.05) is 6.07 Å². The van der Waals surface area contributed by atoms with Crippen molar-refractivity contribution in [2.75, 3.05) is 45.9 Å². The van der Waals surface area contributed by atoms with Gasteiger partial charge >= 0.3 is 0 Å². The molecule has 2 fully saturated rings. The van der Waals surface area contributed by atoms with E-state index in [1.54, 1.807) is 4.88 Å². The third-order valence-corrected chi connectivity index (χ3v) is 5.02. The van der Waals surface area contributed by atoms with Crippen molar-refractivity contribution < 1.29 is 4.74 Å². The van der Waals surface area contributed by atoms with Crippen LogP contribution in [0.1, 0.15) is 23.8 Å². The second kappa shape index (κ2) is 6.15. The zero-order valence-corrected chi connectivity index (χ0v) is 11.7. The summed E-state index contributed by atoms with van der Waals surface area (Å²) < 4.78 is 5.40. The topological polar surface area (TPSA) is 15.7 Å². The Kier molecular flexibility index (Phi) is 4.31. The third kappa shape index (κ3) is 2.94. The van der Waals surface area contributed by atoms with E-state index < -0.39 is 0 Å².